The molecule has 0 spiro atoms. The van der Waals surface area contributed by atoms with Crippen molar-refractivity contribution in [2.45, 2.75) is 78.1 Å². The number of hydrogen-bond donors (Lipinski definition) is 2. The molecule has 0 saturated heterocycles. The molecule has 23 heavy (non-hydrogen) atoms. The number of thiocarbonyl (C=S) groups is 1. The molecule has 0 atom stereocenters. The molecule has 0 aliphatic rings. The van der Waals surface area contributed by atoms with E-state index < -0.39 is 0 Å². The van der Waals surface area contributed by atoms with E-state index in [0.717, 1.165) is 17.3 Å². The molecule has 2 nitrogen and oxygen atoms in total. The van der Waals surface area contributed by atoms with Crippen molar-refractivity contribution in [1.29, 1.82) is 0 Å². The summed E-state index contributed by atoms with van der Waals surface area (Å²) >= 11 is 5.33. The highest BCUT2D eigenvalue weighted by molar-refractivity contribution is 7.80. The Hall–Kier alpha value is -1.09. The van der Waals surface area contributed by atoms with Crippen molar-refractivity contribution in [2.24, 2.45) is 0 Å². The molecule has 3 heteroatoms. The molecule has 0 fully saturated rings. The van der Waals surface area contributed by atoms with Crippen molar-refractivity contribution in [1.82, 2.24) is 5.32 Å². The zero-order chi connectivity index (χ0) is 16.8. The van der Waals surface area contributed by atoms with E-state index in [2.05, 4.69) is 36.6 Å². The zero-order valence-corrected chi connectivity index (χ0v) is 15.8. The van der Waals surface area contributed by atoms with Crippen molar-refractivity contribution in [3.05, 3.63) is 29.8 Å². The topological polar surface area (TPSA) is 24.1 Å². The Bertz CT molecular complexity index is 431. The minimum Gasteiger partial charge on any atom is -0.362 e. The number of nitrogens with one attached hydrogen (secondary N) is 2. The summed E-state index contributed by atoms with van der Waals surface area (Å²) in [7, 11) is 0. The van der Waals surface area contributed by atoms with Gasteiger partial charge in [0.25, 0.3) is 0 Å². The number of aryl methyl sites for hydroxylation is 1. The first-order valence-corrected chi connectivity index (χ1v) is 9.74. The van der Waals surface area contributed by atoms with E-state index in [9.17, 15) is 0 Å². The van der Waals surface area contributed by atoms with E-state index in [0.29, 0.717) is 0 Å². The predicted molar refractivity (Wildman–Crippen MR) is 107 cm³/mol. The number of benzene rings is 1. The molecule has 1 aromatic carbocycles. The van der Waals surface area contributed by atoms with E-state index in [1.54, 1.807) is 0 Å². The Morgan fingerprint density at radius 1 is 0.913 bits per heavy atom. The van der Waals surface area contributed by atoms with Gasteiger partial charge in [0, 0.05) is 12.2 Å². The number of anilines is 1. The smallest absolute Gasteiger partial charge is 0.170 e. The maximum absolute atomic E-state index is 5.33. The summed E-state index contributed by atoms with van der Waals surface area (Å²) in [6.45, 7) is 5.33. The Morgan fingerprint density at radius 2 is 1.52 bits per heavy atom. The second-order valence-corrected chi connectivity index (χ2v) is 6.84. The van der Waals surface area contributed by atoms with E-state index in [4.69, 9.17) is 12.2 Å². The molecule has 0 saturated carbocycles. The Kier molecular flexibility index (Phi) is 11.6. The molecule has 0 aliphatic carbocycles. The first-order valence-electron chi connectivity index (χ1n) is 9.34. The van der Waals surface area contributed by atoms with Gasteiger partial charge in [-0.05, 0) is 43.3 Å². The quantitative estimate of drug-likeness (QED) is 0.351. The molecule has 0 amide bonds. The summed E-state index contributed by atoms with van der Waals surface area (Å²) in [5, 5.41) is 7.26. The number of hydrogen-bond acceptors (Lipinski definition) is 1. The third-order valence-electron chi connectivity index (χ3n) is 4.09. The average molecular weight is 335 g/mol. The van der Waals surface area contributed by atoms with Crippen LogP contribution >= 0.6 is 12.2 Å². The molecule has 1 aromatic rings. The third kappa shape index (κ3) is 11.1. The predicted octanol–water partition coefficient (Wildman–Crippen LogP) is 6.20. The van der Waals surface area contributed by atoms with E-state index in [1.807, 2.05) is 12.1 Å². The lowest BCUT2D eigenvalue weighted by Crippen LogP contribution is -2.29. The molecule has 0 aromatic heterocycles. The van der Waals surface area contributed by atoms with Gasteiger partial charge < -0.3 is 10.6 Å². The molecule has 0 aliphatic heterocycles. The maximum atomic E-state index is 5.33. The summed E-state index contributed by atoms with van der Waals surface area (Å²) in [6, 6.07) is 8.28. The first kappa shape index (κ1) is 20.0. The fourth-order valence-corrected chi connectivity index (χ4v) is 2.93. The van der Waals surface area contributed by atoms with Crippen LogP contribution in [0, 0.1) is 6.92 Å². The molecule has 2 N–H and O–H groups in total. The fraction of sp³-hybridized carbons (Fsp3) is 0.650. The zero-order valence-electron chi connectivity index (χ0n) is 15.0. The van der Waals surface area contributed by atoms with Crippen LogP contribution in [-0.4, -0.2) is 11.7 Å². The minimum absolute atomic E-state index is 0.728. The Balaban J connectivity index is 1.91. The minimum atomic E-state index is 0.728. The van der Waals surface area contributed by atoms with E-state index >= 15 is 0 Å². The molecule has 0 heterocycles. The van der Waals surface area contributed by atoms with Crippen LogP contribution in [0.3, 0.4) is 0 Å². The maximum Gasteiger partial charge on any atom is 0.170 e. The van der Waals surface area contributed by atoms with Crippen LogP contribution in [0.1, 0.15) is 76.7 Å². The van der Waals surface area contributed by atoms with Crippen LogP contribution in [0.5, 0.6) is 0 Å². The molecular formula is C20H34N2S. The highest BCUT2D eigenvalue weighted by atomic mass is 32.1. The van der Waals surface area contributed by atoms with Crippen LogP contribution in [0.25, 0.3) is 0 Å². The van der Waals surface area contributed by atoms with Gasteiger partial charge in [0.2, 0.25) is 0 Å². The molecule has 0 bridgehead atoms. The van der Waals surface area contributed by atoms with Crippen LogP contribution < -0.4 is 10.6 Å². The molecule has 0 unspecified atom stereocenters. The Labute approximate surface area is 148 Å². The summed E-state index contributed by atoms with van der Waals surface area (Å²) in [5.41, 5.74) is 2.30. The van der Waals surface area contributed by atoms with E-state index in [-0.39, 0.29) is 0 Å². The van der Waals surface area contributed by atoms with Crippen LogP contribution in [0.4, 0.5) is 5.69 Å². The van der Waals surface area contributed by atoms with Gasteiger partial charge in [0.15, 0.2) is 5.11 Å². The van der Waals surface area contributed by atoms with Crippen molar-refractivity contribution < 1.29 is 0 Å². The molecule has 1 rings (SSSR count). The lowest BCUT2D eigenvalue weighted by Gasteiger charge is -2.10. The third-order valence-corrected chi connectivity index (χ3v) is 4.34. The molecule has 0 radical (unpaired) electrons. The normalized spacial score (nSPS) is 10.5. The van der Waals surface area contributed by atoms with Gasteiger partial charge in [-0.25, -0.2) is 0 Å². The van der Waals surface area contributed by atoms with Crippen molar-refractivity contribution in [3.8, 4) is 0 Å². The van der Waals surface area contributed by atoms with Crippen LogP contribution in [0.15, 0.2) is 24.3 Å². The van der Waals surface area contributed by atoms with Gasteiger partial charge in [-0.15, -0.1) is 0 Å². The first-order chi connectivity index (χ1) is 11.2. The monoisotopic (exact) mass is 334 g/mol. The second-order valence-electron chi connectivity index (χ2n) is 6.43. The van der Waals surface area contributed by atoms with Gasteiger partial charge in [0.1, 0.15) is 0 Å². The van der Waals surface area contributed by atoms with E-state index in [1.165, 1.54) is 69.8 Å². The lowest BCUT2D eigenvalue weighted by molar-refractivity contribution is 0.555. The highest BCUT2D eigenvalue weighted by Crippen LogP contribution is 2.11. The van der Waals surface area contributed by atoms with Gasteiger partial charge in [-0.1, -0.05) is 76.8 Å². The summed E-state index contributed by atoms with van der Waals surface area (Å²) < 4.78 is 0. The lowest BCUT2D eigenvalue weighted by atomic mass is 10.1. The molecule has 130 valence electrons. The Morgan fingerprint density at radius 3 is 2.13 bits per heavy atom. The van der Waals surface area contributed by atoms with Gasteiger partial charge in [-0.2, -0.15) is 0 Å². The van der Waals surface area contributed by atoms with Crippen molar-refractivity contribution >= 4 is 23.0 Å². The average Bonchev–Trinajstić information content (AvgIpc) is 2.52. The molecular weight excluding hydrogens is 300 g/mol. The number of rotatable bonds is 12. The fourth-order valence-electron chi connectivity index (χ4n) is 2.71. The van der Waals surface area contributed by atoms with Gasteiger partial charge in [-0.3, -0.25) is 0 Å². The highest BCUT2D eigenvalue weighted by Gasteiger charge is 1.97. The summed E-state index contributed by atoms with van der Waals surface area (Å²) in [4.78, 5) is 0. The van der Waals surface area contributed by atoms with Gasteiger partial charge >= 0.3 is 0 Å². The van der Waals surface area contributed by atoms with Crippen molar-refractivity contribution in [3.63, 3.8) is 0 Å². The largest absolute Gasteiger partial charge is 0.362 e. The van der Waals surface area contributed by atoms with Crippen molar-refractivity contribution in [2.75, 3.05) is 11.9 Å². The van der Waals surface area contributed by atoms with Crippen LogP contribution in [-0.2, 0) is 0 Å². The summed E-state index contributed by atoms with van der Waals surface area (Å²) in [6.07, 6.45) is 13.7. The van der Waals surface area contributed by atoms with Crippen LogP contribution in [0.2, 0.25) is 0 Å². The number of unbranched alkanes of at least 4 members (excludes halogenated alkanes) is 9. The standard InChI is InChI=1S/C20H34N2S/c1-3-4-5-6-7-8-9-10-11-12-16-21-20(23)22-19-15-13-14-18(2)17-19/h13-15,17H,3-12,16H2,1-2H3,(H2,21,22,23). The summed E-state index contributed by atoms with van der Waals surface area (Å²) in [5.74, 6) is 0. The SMILES string of the molecule is CCCCCCCCCCCCNC(=S)Nc1cccc(C)c1. The van der Waals surface area contributed by atoms with Gasteiger partial charge in [0.05, 0.1) is 0 Å². The second kappa shape index (κ2) is 13.4.